The molecule has 1 aliphatic rings. The topological polar surface area (TPSA) is 38.7 Å². The van der Waals surface area contributed by atoms with Crippen LogP contribution < -0.4 is 0 Å². The highest BCUT2D eigenvalue weighted by atomic mass is 16.5. The summed E-state index contributed by atoms with van der Waals surface area (Å²) in [6.07, 6.45) is 1.01. The van der Waals surface area contributed by atoms with E-state index >= 15 is 0 Å². The number of Topliss-reactive ketones (excluding diaryl/α,β-unsaturated/α-hetero) is 1. The number of hydrogen-bond acceptors (Lipinski definition) is 3. The smallest absolute Gasteiger partial charge is 0.190 e. The Morgan fingerprint density at radius 1 is 1.67 bits per heavy atom. The van der Waals surface area contributed by atoms with Crippen LogP contribution in [0.25, 0.3) is 0 Å². The average Bonchev–Trinajstić information content (AvgIpc) is 2.37. The van der Waals surface area contributed by atoms with Gasteiger partial charge in [0.2, 0.25) is 0 Å². The molecule has 0 aliphatic carbocycles. The van der Waals surface area contributed by atoms with Gasteiger partial charge in [0.15, 0.2) is 5.90 Å². The summed E-state index contributed by atoms with van der Waals surface area (Å²) in [6, 6.07) is 0. The third-order valence-electron chi connectivity index (χ3n) is 1.63. The lowest BCUT2D eigenvalue weighted by atomic mass is 10.1. The first kappa shape index (κ1) is 9.23. The van der Waals surface area contributed by atoms with E-state index in [0.29, 0.717) is 37.8 Å². The Labute approximate surface area is 72.8 Å². The van der Waals surface area contributed by atoms with Crippen molar-refractivity contribution in [3.8, 4) is 0 Å². The number of rotatable bonds is 4. The normalized spacial score (nSPS) is 16.1. The Morgan fingerprint density at radius 2 is 2.42 bits per heavy atom. The van der Waals surface area contributed by atoms with E-state index in [9.17, 15) is 4.79 Å². The lowest BCUT2D eigenvalue weighted by Crippen LogP contribution is -2.10. The number of nitrogens with zero attached hydrogens (tertiary/aromatic N) is 1. The molecule has 12 heavy (non-hydrogen) atoms. The molecule has 68 valence electrons. The molecule has 0 aromatic carbocycles. The summed E-state index contributed by atoms with van der Waals surface area (Å²) in [4.78, 5) is 15.3. The minimum atomic E-state index is 0.227. The molecule has 0 spiro atoms. The van der Waals surface area contributed by atoms with E-state index in [1.54, 1.807) is 0 Å². The molecule has 0 fully saturated rings. The molecule has 1 aliphatic heterocycles. The minimum absolute atomic E-state index is 0.227. The van der Waals surface area contributed by atoms with Gasteiger partial charge >= 0.3 is 0 Å². The molecule has 0 aromatic heterocycles. The summed E-state index contributed by atoms with van der Waals surface area (Å²) in [7, 11) is 0. The van der Waals surface area contributed by atoms with Gasteiger partial charge in [-0.25, -0.2) is 0 Å². The Kier molecular flexibility index (Phi) is 3.26. The van der Waals surface area contributed by atoms with Crippen LogP contribution in [0.2, 0.25) is 0 Å². The second-order valence-electron chi connectivity index (χ2n) is 3.44. The molecule has 0 unspecified atom stereocenters. The maximum atomic E-state index is 11.2. The summed E-state index contributed by atoms with van der Waals surface area (Å²) in [5, 5.41) is 0. The fourth-order valence-electron chi connectivity index (χ4n) is 1.18. The highest BCUT2D eigenvalue weighted by Crippen LogP contribution is 2.06. The average molecular weight is 169 g/mol. The maximum Gasteiger partial charge on any atom is 0.190 e. The minimum Gasteiger partial charge on any atom is -0.479 e. The van der Waals surface area contributed by atoms with E-state index < -0.39 is 0 Å². The van der Waals surface area contributed by atoms with Gasteiger partial charge in [0.05, 0.1) is 13.0 Å². The molecule has 0 bridgehead atoms. The number of hydrogen-bond donors (Lipinski definition) is 0. The van der Waals surface area contributed by atoms with Crippen molar-refractivity contribution in [3.63, 3.8) is 0 Å². The van der Waals surface area contributed by atoms with Gasteiger partial charge in [0.25, 0.3) is 0 Å². The molecule has 0 atom stereocenters. The molecule has 0 amide bonds. The lowest BCUT2D eigenvalue weighted by molar-refractivity contribution is -0.118. The second-order valence-corrected chi connectivity index (χ2v) is 3.44. The maximum absolute atomic E-state index is 11.2. The fraction of sp³-hybridized carbons (Fsp3) is 0.778. The Balaban J connectivity index is 2.26. The zero-order valence-electron chi connectivity index (χ0n) is 7.67. The van der Waals surface area contributed by atoms with E-state index in [4.69, 9.17) is 4.74 Å². The van der Waals surface area contributed by atoms with Crippen molar-refractivity contribution < 1.29 is 9.53 Å². The predicted octanol–water partition coefficient (Wildman–Crippen LogP) is 1.42. The van der Waals surface area contributed by atoms with Crippen molar-refractivity contribution in [2.24, 2.45) is 10.9 Å². The van der Waals surface area contributed by atoms with Crippen LogP contribution in [0.5, 0.6) is 0 Å². The summed E-state index contributed by atoms with van der Waals surface area (Å²) in [5.74, 6) is 1.28. The van der Waals surface area contributed by atoms with Gasteiger partial charge in [-0.1, -0.05) is 13.8 Å². The quantitative estimate of drug-likeness (QED) is 0.638. The number of ether oxygens (including phenoxy) is 1. The number of carbonyl (C=O) groups is 1. The largest absolute Gasteiger partial charge is 0.479 e. The van der Waals surface area contributed by atoms with Crippen molar-refractivity contribution >= 4 is 11.7 Å². The van der Waals surface area contributed by atoms with Gasteiger partial charge in [-0.15, -0.1) is 0 Å². The first-order chi connectivity index (χ1) is 5.68. The van der Waals surface area contributed by atoms with Crippen LogP contribution in [0.15, 0.2) is 4.99 Å². The van der Waals surface area contributed by atoms with Gasteiger partial charge < -0.3 is 4.74 Å². The third-order valence-corrected chi connectivity index (χ3v) is 1.63. The number of ketones is 1. The predicted molar refractivity (Wildman–Crippen MR) is 47.3 cm³/mol. The molecule has 1 rings (SSSR count). The van der Waals surface area contributed by atoms with Gasteiger partial charge in [0.1, 0.15) is 12.4 Å². The van der Waals surface area contributed by atoms with Crippen molar-refractivity contribution in [2.75, 3.05) is 13.2 Å². The van der Waals surface area contributed by atoms with Gasteiger partial charge in [-0.2, -0.15) is 0 Å². The molecular weight excluding hydrogens is 154 g/mol. The molecule has 0 N–H and O–H groups in total. The van der Waals surface area contributed by atoms with E-state index in [1.807, 2.05) is 13.8 Å². The highest BCUT2D eigenvalue weighted by Gasteiger charge is 2.13. The molecule has 1 heterocycles. The van der Waals surface area contributed by atoms with Crippen LogP contribution in [0.4, 0.5) is 0 Å². The van der Waals surface area contributed by atoms with Crippen LogP contribution in [0, 0.1) is 5.92 Å². The SMILES string of the molecule is CC(C)CC(=O)CC1=NCCO1. The lowest BCUT2D eigenvalue weighted by Gasteiger charge is -2.03. The molecular formula is C9H15NO2. The summed E-state index contributed by atoms with van der Waals surface area (Å²) in [5.41, 5.74) is 0. The van der Waals surface area contributed by atoms with E-state index in [0.717, 1.165) is 0 Å². The van der Waals surface area contributed by atoms with Crippen molar-refractivity contribution in [1.82, 2.24) is 0 Å². The fourth-order valence-corrected chi connectivity index (χ4v) is 1.18. The molecule has 0 radical (unpaired) electrons. The van der Waals surface area contributed by atoms with Gasteiger partial charge in [-0.05, 0) is 5.92 Å². The van der Waals surface area contributed by atoms with Gasteiger partial charge in [0, 0.05) is 6.42 Å². The standard InChI is InChI=1S/C9H15NO2/c1-7(2)5-8(11)6-9-10-3-4-12-9/h7H,3-6H2,1-2H3. The number of carbonyl (C=O) groups excluding carboxylic acids is 1. The van der Waals surface area contributed by atoms with Crippen LogP contribution >= 0.6 is 0 Å². The summed E-state index contributed by atoms with van der Waals surface area (Å²) < 4.78 is 5.13. The molecule has 0 saturated heterocycles. The van der Waals surface area contributed by atoms with Crippen molar-refractivity contribution in [3.05, 3.63) is 0 Å². The van der Waals surface area contributed by atoms with E-state index in [2.05, 4.69) is 4.99 Å². The van der Waals surface area contributed by atoms with Crippen LogP contribution in [0.3, 0.4) is 0 Å². The summed E-state index contributed by atoms with van der Waals surface area (Å²) in [6.45, 7) is 5.43. The van der Waals surface area contributed by atoms with Crippen LogP contribution in [-0.4, -0.2) is 24.8 Å². The van der Waals surface area contributed by atoms with Crippen LogP contribution in [-0.2, 0) is 9.53 Å². The Morgan fingerprint density at radius 3 is 2.92 bits per heavy atom. The first-order valence-corrected chi connectivity index (χ1v) is 4.36. The third kappa shape index (κ3) is 3.03. The Hall–Kier alpha value is -0.860. The zero-order valence-corrected chi connectivity index (χ0v) is 7.67. The number of aliphatic imine (C=N–C) groups is 1. The molecule has 3 nitrogen and oxygen atoms in total. The van der Waals surface area contributed by atoms with Crippen molar-refractivity contribution in [1.29, 1.82) is 0 Å². The van der Waals surface area contributed by atoms with Crippen LogP contribution in [0.1, 0.15) is 26.7 Å². The van der Waals surface area contributed by atoms with E-state index in [-0.39, 0.29) is 5.78 Å². The molecule has 3 heteroatoms. The highest BCUT2D eigenvalue weighted by molar-refractivity contribution is 5.98. The summed E-state index contributed by atoms with van der Waals surface area (Å²) >= 11 is 0. The van der Waals surface area contributed by atoms with Gasteiger partial charge in [-0.3, -0.25) is 9.79 Å². The van der Waals surface area contributed by atoms with Crippen molar-refractivity contribution in [2.45, 2.75) is 26.7 Å². The first-order valence-electron chi connectivity index (χ1n) is 4.36. The van der Waals surface area contributed by atoms with E-state index in [1.165, 1.54) is 0 Å². The monoisotopic (exact) mass is 169 g/mol. The molecule has 0 aromatic rings. The Bertz CT molecular complexity index is 197. The molecule has 0 saturated carbocycles. The zero-order chi connectivity index (χ0) is 8.97. The second kappa shape index (κ2) is 4.24.